The van der Waals surface area contributed by atoms with Crippen LogP contribution < -0.4 is 5.32 Å². The summed E-state index contributed by atoms with van der Waals surface area (Å²) in [5.41, 5.74) is 0. The standard InChI is InChI=1S/C14H30N2O/c1-5-16-8-6-13(7-9-16)12(4)15-14(10-17)11(2)3/h11-15,17H,5-10H2,1-4H3. The summed E-state index contributed by atoms with van der Waals surface area (Å²) in [7, 11) is 0. The highest BCUT2D eigenvalue weighted by atomic mass is 16.3. The van der Waals surface area contributed by atoms with Crippen LogP contribution in [0.25, 0.3) is 0 Å². The van der Waals surface area contributed by atoms with Crippen LogP contribution in [0.4, 0.5) is 0 Å². The maximum Gasteiger partial charge on any atom is 0.0587 e. The van der Waals surface area contributed by atoms with Crippen LogP contribution >= 0.6 is 0 Å². The monoisotopic (exact) mass is 242 g/mol. The number of likely N-dealkylation sites (tertiary alicyclic amines) is 1. The quantitative estimate of drug-likeness (QED) is 0.744. The van der Waals surface area contributed by atoms with Crippen molar-refractivity contribution in [3.05, 3.63) is 0 Å². The van der Waals surface area contributed by atoms with Gasteiger partial charge in [0.2, 0.25) is 0 Å². The second kappa shape index (κ2) is 7.34. The van der Waals surface area contributed by atoms with Crippen LogP contribution in [0.15, 0.2) is 0 Å². The number of nitrogens with one attached hydrogen (secondary N) is 1. The Morgan fingerprint density at radius 2 is 1.82 bits per heavy atom. The topological polar surface area (TPSA) is 35.5 Å². The van der Waals surface area contributed by atoms with Crippen LogP contribution in [0.2, 0.25) is 0 Å². The van der Waals surface area contributed by atoms with Crippen molar-refractivity contribution in [1.29, 1.82) is 0 Å². The maximum atomic E-state index is 9.35. The van der Waals surface area contributed by atoms with E-state index in [1.165, 1.54) is 32.5 Å². The smallest absolute Gasteiger partial charge is 0.0587 e. The van der Waals surface area contributed by atoms with Gasteiger partial charge in [-0.1, -0.05) is 20.8 Å². The Hall–Kier alpha value is -0.120. The van der Waals surface area contributed by atoms with E-state index in [0.717, 1.165) is 5.92 Å². The summed E-state index contributed by atoms with van der Waals surface area (Å²) in [6.45, 7) is 12.7. The van der Waals surface area contributed by atoms with Crippen LogP contribution in [-0.4, -0.2) is 48.3 Å². The second-order valence-electron chi connectivity index (χ2n) is 5.76. The molecule has 1 fully saturated rings. The van der Waals surface area contributed by atoms with E-state index < -0.39 is 0 Å². The fourth-order valence-electron chi connectivity index (χ4n) is 2.70. The molecular formula is C14H30N2O. The van der Waals surface area contributed by atoms with Crippen LogP contribution in [0, 0.1) is 11.8 Å². The number of piperidine rings is 1. The number of nitrogens with zero attached hydrogens (tertiary/aromatic N) is 1. The van der Waals surface area contributed by atoms with Crippen molar-refractivity contribution in [2.75, 3.05) is 26.2 Å². The van der Waals surface area contributed by atoms with Gasteiger partial charge in [0.1, 0.15) is 0 Å². The Balaban J connectivity index is 2.35. The lowest BCUT2D eigenvalue weighted by Gasteiger charge is -2.36. The number of hydrogen-bond donors (Lipinski definition) is 2. The fourth-order valence-corrected chi connectivity index (χ4v) is 2.70. The number of aliphatic hydroxyl groups excluding tert-OH is 1. The van der Waals surface area contributed by atoms with Gasteiger partial charge in [-0.15, -0.1) is 0 Å². The molecule has 1 aliphatic heterocycles. The molecule has 0 radical (unpaired) electrons. The van der Waals surface area contributed by atoms with E-state index in [0.29, 0.717) is 12.0 Å². The largest absolute Gasteiger partial charge is 0.395 e. The van der Waals surface area contributed by atoms with Gasteiger partial charge in [-0.2, -0.15) is 0 Å². The molecule has 102 valence electrons. The predicted octanol–water partition coefficient (Wildman–Crippen LogP) is 1.71. The highest BCUT2D eigenvalue weighted by Gasteiger charge is 2.25. The summed E-state index contributed by atoms with van der Waals surface area (Å²) >= 11 is 0. The summed E-state index contributed by atoms with van der Waals surface area (Å²) < 4.78 is 0. The van der Waals surface area contributed by atoms with Crippen molar-refractivity contribution < 1.29 is 5.11 Å². The van der Waals surface area contributed by atoms with Crippen molar-refractivity contribution in [2.24, 2.45) is 11.8 Å². The Bertz CT molecular complexity index is 200. The van der Waals surface area contributed by atoms with Crippen molar-refractivity contribution in [1.82, 2.24) is 10.2 Å². The van der Waals surface area contributed by atoms with E-state index in [1.54, 1.807) is 0 Å². The van der Waals surface area contributed by atoms with Crippen LogP contribution in [-0.2, 0) is 0 Å². The zero-order valence-corrected chi connectivity index (χ0v) is 11.9. The molecule has 0 spiro atoms. The number of aliphatic hydroxyl groups is 1. The molecule has 0 aromatic heterocycles. The normalized spacial score (nSPS) is 22.9. The lowest BCUT2D eigenvalue weighted by Crippen LogP contribution is -2.48. The highest BCUT2D eigenvalue weighted by molar-refractivity contribution is 4.82. The molecule has 0 aliphatic carbocycles. The lowest BCUT2D eigenvalue weighted by atomic mass is 9.89. The summed E-state index contributed by atoms with van der Waals surface area (Å²) in [5.74, 6) is 1.27. The molecule has 0 aromatic carbocycles. The zero-order valence-electron chi connectivity index (χ0n) is 11.9. The third kappa shape index (κ3) is 4.57. The predicted molar refractivity (Wildman–Crippen MR) is 73.1 cm³/mol. The Morgan fingerprint density at radius 1 is 1.24 bits per heavy atom. The van der Waals surface area contributed by atoms with Crippen molar-refractivity contribution in [3.8, 4) is 0 Å². The van der Waals surface area contributed by atoms with Crippen LogP contribution in [0.1, 0.15) is 40.5 Å². The minimum Gasteiger partial charge on any atom is -0.395 e. The average molecular weight is 242 g/mol. The van der Waals surface area contributed by atoms with Crippen molar-refractivity contribution >= 4 is 0 Å². The van der Waals surface area contributed by atoms with E-state index in [1.807, 2.05) is 0 Å². The van der Waals surface area contributed by atoms with E-state index in [-0.39, 0.29) is 12.6 Å². The SMILES string of the molecule is CCN1CCC(C(C)NC(CO)C(C)C)CC1. The molecule has 0 saturated carbocycles. The highest BCUT2D eigenvalue weighted by Crippen LogP contribution is 2.21. The molecule has 17 heavy (non-hydrogen) atoms. The zero-order chi connectivity index (χ0) is 12.8. The molecule has 1 saturated heterocycles. The summed E-state index contributed by atoms with van der Waals surface area (Å²) in [5, 5.41) is 13.0. The van der Waals surface area contributed by atoms with Gasteiger partial charge in [0.25, 0.3) is 0 Å². The first-order chi connectivity index (χ1) is 8.08. The molecule has 2 unspecified atom stereocenters. The van der Waals surface area contributed by atoms with E-state index in [4.69, 9.17) is 0 Å². The molecule has 1 heterocycles. The molecule has 3 heteroatoms. The van der Waals surface area contributed by atoms with Gasteiger partial charge in [0, 0.05) is 12.1 Å². The molecule has 0 amide bonds. The first-order valence-electron chi connectivity index (χ1n) is 7.17. The molecule has 1 aliphatic rings. The van der Waals surface area contributed by atoms with E-state index in [9.17, 15) is 5.11 Å². The minimum absolute atomic E-state index is 0.245. The maximum absolute atomic E-state index is 9.35. The summed E-state index contributed by atoms with van der Waals surface area (Å²) in [6, 6.07) is 0.766. The Kier molecular flexibility index (Phi) is 6.45. The lowest BCUT2D eigenvalue weighted by molar-refractivity contribution is 0.143. The molecule has 3 nitrogen and oxygen atoms in total. The van der Waals surface area contributed by atoms with Crippen molar-refractivity contribution in [3.63, 3.8) is 0 Å². The van der Waals surface area contributed by atoms with Crippen molar-refractivity contribution in [2.45, 2.75) is 52.6 Å². The molecule has 1 rings (SSSR count). The molecule has 2 atom stereocenters. The summed E-state index contributed by atoms with van der Waals surface area (Å²) in [4.78, 5) is 2.52. The molecule has 0 aromatic rings. The molecular weight excluding hydrogens is 212 g/mol. The van der Waals surface area contributed by atoms with Gasteiger partial charge in [-0.3, -0.25) is 0 Å². The second-order valence-corrected chi connectivity index (χ2v) is 5.76. The summed E-state index contributed by atoms with van der Waals surface area (Å²) in [6.07, 6.45) is 2.58. The fraction of sp³-hybridized carbons (Fsp3) is 1.00. The van der Waals surface area contributed by atoms with Crippen LogP contribution in [0.3, 0.4) is 0 Å². The Morgan fingerprint density at radius 3 is 2.24 bits per heavy atom. The Labute approximate surface area is 107 Å². The first kappa shape index (κ1) is 14.9. The van der Waals surface area contributed by atoms with Gasteiger partial charge in [0.05, 0.1) is 6.61 Å². The third-order valence-corrected chi connectivity index (χ3v) is 4.26. The number of hydrogen-bond acceptors (Lipinski definition) is 3. The van der Waals surface area contributed by atoms with Gasteiger partial charge in [-0.25, -0.2) is 0 Å². The number of rotatable bonds is 6. The van der Waals surface area contributed by atoms with Gasteiger partial charge < -0.3 is 15.3 Å². The first-order valence-corrected chi connectivity index (χ1v) is 7.17. The average Bonchev–Trinajstić information content (AvgIpc) is 2.35. The van der Waals surface area contributed by atoms with Gasteiger partial charge in [0.15, 0.2) is 0 Å². The van der Waals surface area contributed by atoms with E-state index >= 15 is 0 Å². The van der Waals surface area contributed by atoms with Gasteiger partial charge in [-0.05, 0) is 51.2 Å². The van der Waals surface area contributed by atoms with E-state index in [2.05, 4.69) is 37.9 Å². The molecule has 0 bridgehead atoms. The third-order valence-electron chi connectivity index (χ3n) is 4.26. The minimum atomic E-state index is 0.245. The van der Waals surface area contributed by atoms with Gasteiger partial charge >= 0.3 is 0 Å². The molecule has 2 N–H and O–H groups in total. The van der Waals surface area contributed by atoms with Crippen LogP contribution in [0.5, 0.6) is 0 Å².